The number of rotatable bonds is 3. The van der Waals surface area contributed by atoms with Gasteiger partial charge in [-0.25, -0.2) is 4.39 Å². The molecule has 0 bridgehead atoms. The monoisotopic (exact) mass is 192 g/mol. The molecule has 0 atom stereocenters. The minimum Gasteiger partial charge on any atom is -0.494 e. The summed E-state index contributed by atoms with van der Waals surface area (Å²) in [7, 11) is 1.24. The molecule has 1 aromatic carbocycles. The van der Waals surface area contributed by atoms with Crippen LogP contribution in [0.25, 0.3) is 0 Å². The van der Waals surface area contributed by atoms with Crippen LogP contribution in [0.5, 0.6) is 11.5 Å². The van der Waals surface area contributed by atoms with E-state index in [9.17, 15) is 13.2 Å². The summed E-state index contributed by atoms with van der Waals surface area (Å²) in [5.41, 5.74) is 0. The van der Waals surface area contributed by atoms with Crippen molar-refractivity contribution < 1.29 is 22.6 Å². The van der Waals surface area contributed by atoms with Crippen molar-refractivity contribution in [3.8, 4) is 11.5 Å². The Hall–Kier alpha value is -1.39. The van der Waals surface area contributed by atoms with Gasteiger partial charge in [-0.2, -0.15) is 8.78 Å². The van der Waals surface area contributed by atoms with E-state index in [4.69, 9.17) is 0 Å². The molecule has 0 aliphatic rings. The zero-order valence-electron chi connectivity index (χ0n) is 6.76. The minimum absolute atomic E-state index is 0.127. The second kappa shape index (κ2) is 4.02. The van der Waals surface area contributed by atoms with Crippen molar-refractivity contribution in [3.05, 3.63) is 24.0 Å². The molecule has 13 heavy (non-hydrogen) atoms. The minimum atomic E-state index is -2.92. The normalized spacial score (nSPS) is 10.2. The first-order valence-electron chi connectivity index (χ1n) is 3.42. The van der Waals surface area contributed by atoms with E-state index in [1.165, 1.54) is 7.11 Å². The summed E-state index contributed by atoms with van der Waals surface area (Å²) in [4.78, 5) is 0. The van der Waals surface area contributed by atoms with Gasteiger partial charge < -0.3 is 9.47 Å². The first kappa shape index (κ1) is 9.70. The quantitative estimate of drug-likeness (QED) is 0.732. The summed E-state index contributed by atoms with van der Waals surface area (Å²) in [6.07, 6.45) is 0. The van der Waals surface area contributed by atoms with Gasteiger partial charge in [0.2, 0.25) is 0 Å². The van der Waals surface area contributed by atoms with Gasteiger partial charge in [-0.05, 0) is 12.1 Å². The highest BCUT2D eigenvalue weighted by atomic mass is 19.3. The lowest BCUT2D eigenvalue weighted by Gasteiger charge is -2.06. The fourth-order valence-electron chi connectivity index (χ4n) is 0.816. The van der Waals surface area contributed by atoms with Gasteiger partial charge in [0.1, 0.15) is 5.75 Å². The number of halogens is 3. The number of methoxy groups -OCH3 is 1. The van der Waals surface area contributed by atoms with Crippen LogP contribution < -0.4 is 9.47 Å². The van der Waals surface area contributed by atoms with Gasteiger partial charge in [0.25, 0.3) is 0 Å². The van der Waals surface area contributed by atoms with Gasteiger partial charge in [-0.15, -0.1) is 0 Å². The Bertz CT molecular complexity index is 289. The van der Waals surface area contributed by atoms with Crippen molar-refractivity contribution in [2.45, 2.75) is 6.61 Å². The number of hydrogen-bond donors (Lipinski definition) is 0. The second-order valence-corrected chi connectivity index (χ2v) is 2.17. The molecule has 0 aliphatic heterocycles. The van der Waals surface area contributed by atoms with E-state index >= 15 is 0 Å². The predicted octanol–water partition coefficient (Wildman–Crippen LogP) is 2.44. The van der Waals surface area contributed by atoms with Crippen LogP contribution in [-0.2, 0) is 0 Å². The highest BCUT2D eigenvalue weighted by Crippen LogP contribution is 2.24. The average Bonchev–Trinajstić information content (AvgIpc) is 2.07. The Morgan fingerprint density at radius 1 is 1.31 bits per heavy atom. The molecule has 0 amide bonds. The number of alkyl halides is 2. The molecule has 5 heteroatoms. The summed E-state index contributed by atoms with van der Waals surface area (Å²) < 4.78 is 44.7. The van der Waals surface area contributed by atoms with Crippen LogP contribution in [0.1, 0.15) is 0 Å². The standard InChI is InChI=1S/C8H7F3O2/c1-12-7-4-5(13-8(10)11)2-3-6(7)9/h2-4,8H,1H3. The Balaban J connectivity index is 2.86. The van der Waals surface area contributed by atoms with Gasteiger partial charge in [0, 0.05) is 6.07 Å². The molecule has 0 aromatic heterocycles. The largest absolute Gasteiger partial charge is 0.494 e. The van der Waals surface area contributed by atoms with Gasteiger partial charge in [0.05, 0.1) is 7.11 Å². The molecule has 1 rings (SSSR count). The summed E-state index contributed by atoms with van der Waals surface area (Å²) >= 11 is 0. The smallest absolute Gasteiger partial charge is 0.387 e. The van der Waals surface area contributed by atoms with E-state index in [2.05, 4.69) is 9.47 Å². The number of hydrogen-bond acceptors (Lipinski definition) is 2. The maximum Gasteiger partial charge on any atom is 0.387 e. The summed E-state index contributed by atoms with van der Waals surface area (Å²) in [5.74, 6) is -0.879. The summed E-state index contributed by atoms with van der Waals surface area (Å²) in [6.45, 7) is -2.92. The van der Waals surface area contributed by atoms with Crippen molar-refractivity contribution in [1.29, 1.82) is 0 Å². The Morgan fingerprint density at radius 2 is 2.00 bits per heavy atom. The first-order chi connectivity index (χ1) is 6.13. The molecular weight excluding hydrogens is 185 g/mol. The van der Waals surface area contributed by atoms with Gasteiger partial charge >= 0.3 is 6.61 Å². The van der Waals surface area contributed by atoms with Crippen molar-refractivity contribution in [1.82, 2.24) is 0 Å². The highest BCUT2D eigenvalue weighted by molar-refractivity contribution is 5.34. The Morgan fingerprint density at radius 3 is 2.54 bits per heavy atom. The van der Waals surface area contributed by atoms with Crippen LogP contribution >= 0.6 is 0 Å². The molecule has 0 heterocycles. The molecule has 72 valence electrons. The number of benzene rings is 1. The van der Waals surface area contributed by atoms with E-state index in [-0.39, 0.29) is 11.5 Å². The van der Waals surface area contributed by atoms with Gasteiger partial charge in [-0.1, -0.05) is 0 Å². The maximum atomic E-state index is 12.7. The lowest BCUT2D eigenvalue weighted by Crippen LogP contribution is -2.02. The lowest BCUT2D eigenvalue weighted by atomic mass is 10.3. The van der Waals surface area contributed by atoms with Crippen molar-refractivity contribution >= 4 is 0 Å². The Labute approximate surface area is 72.9 Å². The fourth-order valence-corrected chi connectivity index (χ4v) is 0.816. The first-order valence-corrected chi connectivity index (χ1v) is 3.42. The zero-order valence-corrected chi connectivity index (χ0v) is 6.76. The third kappa shape index (κ3) is 2.54. The summed E-state index contributed by atoms with van der Waals surface area (Å²) in [6, 6.07) is 3.15. The van der Waals surface area contributed by atoms with Crippen LogP contribution in [0, 0.1) is 5.82 Å². The molecule has 0 fully saturated rings. The molecule has 0 saturated carbocycles. The molecule has 0 N–H and O–H groups in total. The van der Waals surface area contributed by atoms with Crippen LogP contribution in [0.2, 0.25) is 0 Å². The van der Waals surface area contributed by atoms with Crippen molar-refractivity contribution in [2.75, 3.05) is 7.11 Å². The third-order valence-corrected chi connectivity index (χ3v) is 1.35. The molecule has 0 spiro atoms. The molecule has 2 nitrogen and oxygen atoms in total. The maximum absolute atomic E-state index is 12.7. The van der Waals surface area contributed by atoms with Crippen LogP contribution in [0.4, 0.5) is 13.2 Å². The summed E-state index contributed by atoms with van der Waals surface area (Å²) in [5, 5.41) is 0. The topological polar surface area (TPSA) is 18.5 Å². The van der Waals surface area contributed by atoms with Crippen LogP contribution in [0.3, 0.4) is 0 Å². The van der Waals surface area contributed by atoms with Gasteiger partial charge in [0.15, 0.2) is 11.6 Å². The Kier molecular flexibility index (Phi) is 3.00. The van der Waals surface area contributed by atoms with Gasteiger partial charge in [-0.3, -0.25) is 0 Å². The predicted molar refractivity (Wildman–Crippen MR) is 39.6 cm³/mol. The molecule has 0 saturated heterocycles. The lowest BCUT2D eigenvalue weighted by molar-refractivity contribution is -0.0499. The van der Waals surface area contributed by atoms with E-state index < -0.39 is 12.4 Å². The van der Waals surface area contributed by atoms with Crippen molar-refractivity contribution in [2.24, 2.45) is 0 Å². The van der Waals surface area contributed by atoms with E-state index in [1.807, 2.05) is 0 Å². The van der Waals surface area contributed by atoms with E-state index in [0.717, 1.165) is 18.2 Å². The van der Waals surface area contributed by atoms with Crippen LogP contribution in [0.15, 0.2) is 18.2 Å². The van der Waals surface area contributed by atoms with E-state index in [0.29, 0.717) is 0 Å². The fraction of sp³-hybridized carbons (Fsp3) is 0.250. The number of ether oxygens (including phenoxy) is 2. The molecule has 0 radical (unpaired) electrons. The molecule has 0 unspecified atom stereocenters. The third-order valence-electron chi connectivity index (χ3n) is 1.35. The SMILES string of the molecule is COc1cc(OC(F)F)ccc1F. The highest BCUT2D eigenvalue weighted by Gasteiger charge is 2.08. The second-order valence-electron chi connectivity index (χ2n) is 2.17. The van der Waals surface area contributed by atoms with Crippen molar-refractivity contribution in [3.63, 3.8) is 0 Å². The average molecular weight is 192 g/mol. The van der Waals surface area contributed by atoms with Crippen LogP contribution in [-0.4, -0.2) is 13.7 Å². The molecule has 0 aliphatic carbocycles. The zero-order chi connectivity index (χ0) is 9.84. The molecular formula is C8H7F3O2. The van der Waals surface area contributed by atoms with E-state index in [1.54, 1.807) is 0 Å². The molecule has 1 aromatic rings.